The summed E-state index contributed by atoms with van der Waals surface area (Å²) < 4.78 is 3.35. The minimum Gasteiger partial charge on any atom is -0.305 e. The van der Waals surface area contributed by atoms with E-state index in [1.54, 1.807) is 33.7 Å². The molecule has 0 saturated heterocycles. The van der Waals surface area contributed by atoms with Crippen LogP contribution in [0.4, 0.5) is 5.82 Å². The van der Waals surface area contributed by atoms with E-state index in [2.05, 4.69) is 45.6 Å². The molecule has 3 aromatic heterocycles. The van der Waals surface area contributed by atoms with Crippen molar-refractivity contribution in [3.8, 4) is 0 Å². The Bertz CT molecular complexity index is 1050. The van der Waals surface area contributed by atoms with E-state index in [0.717, 1.165) is 5.56 Å². The zero-order chi connectivity index (χ0) is 17.2. The molecule has 1 aromatic carbocycles. The van der Waals surface area contributed by atoms with Crippen LogP contribution in [0, 0.1) is 6.92 Å². The lowest BCUT2D eigenvalue weighted by Crippen LogP contribution is -2.13. The fourth-order valence-electron chi connectivity index (χ4n) is 2.68. The average molecular weight is 332 g/mol. The third-order valence-electron chi connectivity index (χ3n) is 3.83. The van der Waals surface area contributed by atoms with E-state index >= 15 is 0 Å². The molecule has 124 valence electrons. The molecule has 7 heteroatoms. The Balaban J connectivity index is 1.50. The van der Waals surface area contributed by atoms with E-state index in [-0.39, 0.29) is 5.91 Å². The molecule has 0 bridgehead atoms. The number of nitrogens with one attached hydrogen (secondary N) is 1. The maximum atomic E-state index is 12.4. The number of hydrogen-bond acceptors (Lipinski definition) is 4. The van der Waals surface area contributed by atoms with Gasteiger partial charge in [-0.1, -0.05) is 29.8 Å². The van der Waals surface area contributed by atoms with Crippen LogP contribution in [0.5, 0.6) is 0 Å². The summed E-state index contributed by atoms with van der Waals surface area (Å²) in [6.45, 7) is 2.71. The summed E-state index contributed by atoms with van der Waals surface area (Å²) in [4.78, 5) is 16.6. The Hall–Kier alpha value is -3.48. The van der Waals surface area contributed by atoms with Gasteiger partial charge in [-0.3, -0.25) is 9.48 Å². The van der Waals surface area contributed by atoms with E-state index in [1.165, 1.54) is 11.8 Å². The first-order valence-corrected chi connectivity index (χ1v) is 7.88. The summed E-state index contributed by atoms with van der Waals surface area (Å²) in [5, 5.41) is 11.3. The van der Waals surface area contributed by atoms with Crippen molar-refractivity contribution in [3.05, 3.63) is 77.9 Å². The highest BCUT2D eigenvalue weighted by molar-refractivity contribution is 6.07. The summed E-state index contributed by atoms with van der Waals surface area (Å²) in [6, 6.07) is 11.8. The lowest BCUT2D eigenvalue weighted by Gasteiger charge is -2.03. The number of carbonyl (C=O) groups is 1. The highest BCUT2D eigenvalue weighted by Gasteiger charge is 2.14. The summed E-state index contributed by atoms with van der Waals surface area (Å²) in [6.07, 6.45) is 6.72. The van der Waals surface area contributed by atoms with Crippen LogP contribution in [0.1, 0.15) is 21.5 Å². The van der Waals surface area contributed by atoms with Gasteiger partial charge in [0.05, 0.1) is 12.7 Å². The Morgan fingerprint density at radius 3 is 3.00 bits per heavy atom. The van der Waals surface area contributed by atoms with Crippen LogP contribution in [-0.2, 0) is 6.54 Å². The fraction of sp³-hybridized carbons (Fsp3) is 0.111. The number of nitrogens with zero attached hydrogens (tertiary/aromatic N) is 5. The van der Waals surface area contributed by atoms with Gasteiger partial charge >= 0.3 is 0 Å². The Labute approximate surface area is 143 Å². The molecule has 1 N–H and O–H groups in total. The molecule has 0 radical (unpaired) electrons. The van der Waals surface area contributed by atoms with Crippen molar-refractivity contribution in [1.82, 2.24) is 24.4 Å². The summed E-state index contributed by atoms with van der Waals surface area (Å²) in [5.74, 6) is 0.211. The molecule has 4 rings (SSSR count). The van der Waals surface area contributed by atoms with E-state index in [4.69, 9.17) is 0 Å². The molecule has 0 aliphatic carbocycles. The Morgan fingerprint density at radius 2 is 2.12 bits per heavy atom. The van der Waals surface area contributed by atoms with E-state index in [1.807, 2.05) is 12.3 Å². The van der Waals surface area contributed by atoms with Crippen LogP contribution in [0.3, 0.4) is 0 Å². The average Bonchev–Trinajstić information content (AvgIpc) is 3.21. The topological polar surface area (TPSA) is 77.1 Å². The molecule has 0 aliphatic heterocycles. The highest BCUT2D eigenvalue weighted by Crippen LogP contribution is 2.12. The van der Waals surface area contributed by atoms with E-state index in [9.17, 15) is 4.79 Å². The van der Waals surface area contributed by atoms with Gasteiger partial charge in [0.2, 0.25) is 0 Å². The normalized spacial score (nSPS) is 10.9. The molecule has 0 unspecified atom stereocenters. The maximum absolute atomic E-state index is 12.4. The number of aryl methyl sites for hydroxylation is 1. The monoisotopic (exact) mass is 332 g/mol. The zero-order valence-corrected chi connectivity index (χ0v) is 13.6. The molecular weight excluding hydrogens is 316 g/mol. The molecule has 4 aromatic rings. The van der Waals surface area contributed by atoms with E-state index in [0.29, 0.717) is 23.6 Å². The molecule has 0 fully saturated rings. The lowest BCUT2D eigenvalue weighted by molar-refractivity contribution is 0.102. The van der Waals surface area contributed by atoms with Crippen LogP contribution >= 0.6 is 0 Å². The van der Waals surface area contributed by atoms with Gasteiger partial charge in [0, 0.05) is 24.7 Å². The third-order valence-corrected chi connectivity index (χ3v) is 3.83. The van der Waals surface area contributed by atoms with Gasteiger partial charge in [-0.15, -0.1) is 0 Å². The standard InChI is InChI=1S/C18H16N6O/c1-13-4-2-5-14(10-13)12-23-9-6-16(22-23)21-18(25)15-11-20-24-8-3-7-19-17(15)24/h2-11H,12H2,1H3,(H,21,22,25). The predicted octanol–water partition coefficient (Wildman–Crippen LogP) is 2.53. The SMILES string of the molecule is Cc1cccc(Cn2ccc(NC(=O)c3cnn4cccnc34)n2)c1. The second-order valence-electron chi connectivity index (χ2n) is 5.79. The van der Waals surface area contributed by atoms with Crippen LogP contribution in [0.2, 0.25) is 0 Å². The molecule has 7 nitrogen and oxygen atoms in total. The quantitative estimate of drug-likeness (QED) is 0.623. The molecule has 0 spiro atoms. The number of aromatic nitrogens is 5. The predicted molar refractivity (Wildman–Crippen MR) is 93.4 cm³/mol. The van der Waals surface area contributed by atoms with Gasteiger partial charge in [0.15, 0.2) is 11.5 Å². The minimum absolute atomic E-state index is 0.283. The molecule has 3 heterocycles. The van der Waals surface area contributed by atoms with Gasteiger partial charge < -0.3 is 5.32 Å². The first kappa shape index (κ1) is 15.1. The summed E-state index contributed by atoms with van der Waals surface area (Å²) in [7, 11) is 0. The van der Waals surface area contributed by atoms with E-state index < -0.39 is 0 Å². The fourth-order valence-corrected chi connectivity index (χ4v) is 2.68. The zero-order valence-electron chi connectivity index (χ0n) is 13.6. The van der Waals surface area contributed by atoms with Crippen molar-refractivity contribution in [3.63, 3.8) is 0 Å². The van der Waals surface area contributed by atoms with Crippen molar-refractivity contribution in [2.24, 2.45) is 0 Å². The number of rotatable bonds is 4. The first-order valence-electron chi connectivity index (χ1n) is 7.88. The van der Waals surface area contributed by atoms with Gasteiger partial charge in [0.1, 0.15) is 5.56 Å². The second-order valence-corrected chi connectivity index (χ2v) is 5.79. The maximum Gasteiger partial charge on any atom is 0.262 e. The first-order chi connectivity index (χ1) is 12.2. The van der Waals surface area contributed by atoms with Crippen molar-refractivity contribution in [1.29, 1.82) is 0 Å². The minimum atomic E-state index is -0.283. The van der Waals surface area contributed by atoms with Gasteiger partial charge in [-0.2, -0.15) is 10.2 Å². The smallest absolute Gasteiger partial charge is 0.262 e. The number of anilines is 1. The van der Waals surface area contributed by atoms with Gasteiger partial charge in [0.25, 0.3) is 5.91 Å². The Kier molecular flexibility index (Phi) is 3.74. The molecule has 0 aliphatic rings. The van der Waals surface area contributed by atoms with Crippen LogP contribution in [-0.4, -0.2) is 30.3 Å². The Morgan fingerprint density at radius 1 is 1.20 bits per heavy atom. The summed E-state index contributed by atoms with van der Waals surface area (Å²) >= 11 is 0. The van der Waals surface area contributed by atoms with Gasteiger partial charge in [-0.25, -0.2) is 9.50 Å². The third kappa shape index (κ3) is 3.12. The van der Waals surface area contributed by atoms with Crippen molar-refractivity contribution < 1.29 is 4.79 Å². The molecule has 0 saturated carbocycles. The second kappa shape index (κ2) is 6.20. The number of fused-ring (bicyclic) bond motifs is 1. The number of carbonyl (C=O) groups excluding carboxylic acids is 1. The molecular formula is C18H16N6O. The number of benzene rings is 1. The molecule has 1 amide bonds. The largest absolute Gasteiger partial charge is 0.305 e. The van der Waals surface area contributed by atoms with Crippen LogP contribution < -0.4 is 5.32 Å². The highest BCUT2D eigenvalue weighted by atomic mass is 16.1. The molecule has 25 heavy (non-hydrogen) atoms. The van der Waals surface area contributed by atoms with Crippen molar-refractivity contribution in [2.75, 3.05) is 5.32 Å². The van der Waals surface area contributed by atoms with Crippen LogP contribution in [0.15, 0.2) is 61.2 Å². The number of amides is 1. The summed E-state index contributed by atoms with van der Waals surface area (Å²) in [5.41, 5.74) is 3.29. The molecule has 0 atom stereocenters. The number of hydrogen-bond donors (Lipinski definition) is 1. The van der Waals surface area contributed by atoms with Gasteiger partial charge in [-0.05, 0) is 18.6 Å². The van der Waals surface area contributed by atoms with Crippen LogP contribution in [0.25, 0.3) is 5.65 Å². The van der Waals surface area contributed by atoms with Crippen molar-refractivity contribution in [2.45, 2.75) is 13.5 Å². The van der Waals surface area contributed by atoms with Crippen molar-refractivity contribution >= 4 is 17.4 Å². The lowest BCUT2D eigenvalue weighted by atomic mass is 10.1.